The molecule has 0 aliphatic carbocycles. The number of halogens is 2. The Morgan fingerprint density at radius 3 is 2.79 bits per heavy atom. The van der Waals surface area contributed by atoms with Crippen LogP contribution in [0.4, 0.5) is 10.1 Å². The van der Waals surface area contributed by atoms with Crippen molar-refractivity contribution in [1.29, 1.82) is 0 Å². The topological polar surface area (TPSA) is 86.1 Å². The number of azide groups is 1. The molecule has 0 unspecified atom stereocenters. The van der Waals surface area contributed by atoms with Gasteiger partial charge < -0.3 is 5.11 Å². The fraction of sp³-hybridized carbons (Fsp3) is 0. The quantitative estimate of drug-likeness (QED) is 0.394. The molecule has 0 saturated carbocycles. The van der Waals surface area contributed by atoms with Crippen molar-refractivity contribution in [3.05, 3.63) is 37.5 Å². The van der Waals surface area contributed by atoms with E-state index >= 15 is 0 Å². The highest BCUT2D eigenvalue weighted by atomic mass is 127. The summed E-state index contributed by atoms with van der Waals surface area (Å²) in [5.41, 5.74) is 7.31. The smallest absolute Gasteiger partial charge is 0.336 e. The van der Waals surface area contributed by atoms with E-state index in [9.17, 15) is 9.18 Å². The van der Waals surface area contributed by atoms with Gasteiger partial charge in [-0.15, -0.1) is 0 Å². The van der Waals surface area contributed by atoms with Gasteiger partial charge in [0, 0.05) is 8.48 Å². The normalized spacial score (nSPS) is 9.29. The summed E-state index contributed by atoms with van der Waals surface area (Å²) < 4.78 is 13.5. The van der Waals surface area contributed by atoms with Crippen LogP contribution in [0, 0.1) is 9.39 Å². The van der Waals surface area contributed by atoms with Crippen LogP contribution in [0.1, 0.15) is 10.4 Å². The highest BCUT2D eigenvalue weighted by molar-refractivity contribution is 14.1. The second-order valence-corrected chi connectivity index (χ2v) is 3.41. The van der Waals surface area contributed by atoms with Gasteiger partial charge >= 0.3 is 5.97 Å². The van der Waals surface area contributed by atoms with Crippen molar-refractivity contribution in [3.8, 4) is 0 Å². The van der Waals surface area contributed by atoms with Crippen molar-refractivity contribution >= 4 is 34.2 Å². The van der Waals surface area contributed by atoms with E-state index in [4.69, 9.17) is 10.6 Å². The lowest BCUT2D eigenvalue weighted by Gasteiger charge is -2.02. The van der Waals surface area contributed by atoms with Gasteiger partial charge in [0.1, 0.15) is 5.82 Å². The molecule has 0 heterocycles. The molecule has 7 heteroatoms. The van der Waals surface area contributed by atoms with Crippen LogP contribution in [0.3, 0.4) is 0 Å². The largest absolute Gasteiger partial charge is 0.478 e. The summed E-state index contributed by atoms with van der Waals surface area (Å²) in [6, 6.07) is 2.49. The van der Waals surface area contributed by atoms with Gasteiger partial charge in [0.15, 0.2) is 0 Å². The van der Waals surface area contributed by atoms with Crippen LogP contribution in [-0.4, -0.2) is 11.1 Å². The fourth-order valence-corrected chi connectivity index (χ4v) is 1.29. The van der Waals surface area contributed by atoms with Gasteiger partial charge in [0.05, 0.1) is 11.3 Å². The molecule has 72 valence electrons. The van der Waals surface area contributed by atoms with Crippen molar-refractivity contribution in [1.82, 2.24) is 0 Å². The van der Waals surface area contributed by atoms with Crippen LogP contribution in [-0.2, 0) is 0 Å². The van der Waals surface area contributed by atoms with E-state index in [1.165, 1.54) is 12.1 Å². The molecule has 0 fully saturated rings. The molecule has 0 aromatic heterocycles. The molecule has 1 N–H and O–H groups in total. The van der Waals surface area contributed by atoms with Gasteiger partial charge in [0.2, 0.25) is 0 Å². The zero-order chi connectivity index (χ0) is 10.7. The summed E-state index contributed by atoms with van der Waals surface area (Å²) in [5, 5.41) is 11.7. The monoisotopic (exact) mass is 307 g/mol. The van der Waals surface area contributed by atoms with E-state index in [0.717, 1.165) is 0 Å². The number of carbonyl (C=O) groups is 1. The molecule has 1 aromatic rings. The molecule has 0 saturated heterocycles. The Labute approximate surface area is 91.3 Å². The predicted octanol–water partition coefficient (Wildman–Crippen LogP) is 3.07. The van der Waals surface area contributed by atoms with E-state index in [1.807, 2.05) is 0 Å². The van der Waals surface area contributed by atoms with Gasteiger partial charge in [-0.2, -0.15) is 0 Å². The maximum absolute atomic E-state index is 13.3. The maximum Gasteiger partial charge on any atom is 0.336 e. The molecule has 0 spiro atoms. The molecule has 0 aliphatic heterocycles. The van der Waals surface area contributed by atoms with Gasteiger partial charge in [0.25, 0.3) is 0 Å². The van der Waals surface area contributed by atoms with Crippen LogP contribution in [0.2, 0.25) is 0 Å². The minimum Gasteiger partial charge on any atom is -0.478 e. The van der Waals surface area contributed by atoms with Crippen LogP contribution < -0.4 is 0 Å². The number of nitrogens with zero attached hydrogens (tertiary/aromatic N) is 3. The third-order valence-corrected chi connectivity index (χ3v) is 2.28. The number of carboxylic acids is 1. The van der Waals surface area contributed by atoms with Crippen LogP contribution in [0.5, 0.6) is 0 Å². The van der Waals surface area contributed by atoms with Crippen molar-refractivity contribution in [2.75, 3.05) is 0 Å². The van der Waals surface area contributed by atoms with Gasteiger partial charge in [-0.3, -0.25) is 0 Å². The first-order valence-corrected chi connectivity index (χ1v) is 4.42. The summed E-state index contributed by atoms with van der Waals surface area (Å²) in [4.78, 5) is 13.0. The highest BCUT2D eigenvalue weighted by Gasteiger charge is 2.15. The number of carboxylic acid groups (broad SMARTS) is 1. The minimum absolute atomic E-state index is 0.204. The highest BCUT2D eigenvalue weighted by Crippen LogP contribution is 2.27. The number of aromatic carboxylic acids is 1. The van der Waals surface area contributed by atoms with Crippen molar-refractivity contribution in [2.24, 2.45) is 5.11 Å². The van der Waals surface area contributed by atoms with Crippen LogP contribution in [0.25, 0.3) is 10.4 Å². The number of rotatable bonds is 2. The number of hydrogen-bond donors (Lipinski definition) is 1. The Balaban J connectivity index is 3.52. The zero-order valence-corrected chi connectivity index (χ0v) is 8.77. The molecular formula is C7H3FIN3O2. The first-order valence-electron chi connectivity index (χ1n) is 3.34. The lowest BCUT2D eigenvalue weighted by Crippen LogP contribution is -1.99. The number of hydrogen-bond acceptors (Lipinski definition) is 2. The molecule has 0 aliphatic rings. The molecule has 1 rings (SSSR count). The summed E-state index contributed by atoms with van der Waals surface area (Å²) in [7, 11) is 0. The van der Waals surface area contributed by atoms with Crippen molar-refractivity contribution in [2.45, 2.75) is 0 Å². The van der Waals surface area contributed by atoms with E-state index < -0.39 is 17.5 Å². The second kappa shape index (κ2) is 4.25. The molecule has 14 heavy (non-hydrogen) atoms. The van der Waals surface area contributed by atoms with E-state index in [2.05, 4.69) is 10.0 Å². The summed E-state index contributed by atoms with van der Waals surface area (Å²) in [6.07, 6.45) is 0. The van der Waals surface area contributed by atoms with Crippen molar-refractivity contribution < 1.29 is 14.3 Å². The number of benzene rings is 1. The molecule has 1 aromatic carbocycles. The average molecular weight is 307 g/mol. The Bertz CT molecular complexity index is 443. The summed E-state index contributed by atoms with van der Waals surface area (Å²) >= 11 is 1.68. The lowest BCUT2D eigenvalue weighted by atomic mass is 10.2. The zero-order valence-electron chi connectivity index (χ0n) is 6.61. The Morgan fingerprint density at radius 2 is 2.29 bits per heavy atom. The summed E-state index contributed by atoms with van der Waals surface area (Å²) in [5.74, 6) is -2.15. The van der Waals surface area contributed by atoms with Crippen molar-refractivity contribution in [3.63, 3.8) is 0 Å². The van der Waals surface area contributed by atoms with Crippen LogP contribution >= 0.6 is 22.6 Å². The van der Waals surface area contributed by atoms with Gasteiger partial charge in [-0.1, -0.05) is 5.11 Å². The standard InChI is InChI=1S/C7H3FIN3O2/c8-5-4(9)2-1-3(7(13)14)6(5)11-12-10/h1-2H,(H,13,14). The van der Waals surface area contributed by atoms with Gasteiger partial charge in [-0.05, 0) is 40.3 Å². The molecule has 0 bridgehead atoms. The van der Waals surface area contributed by atoms with E-state index in [1.54, 1.807) is 22.6 Å². The second-order valence-electron chi connectivity index (χ2n) is 2.25. The minimum atomic E-state index is -1.33. The Hall–Kier alpha value is -1.34. The fourth-order valence-electron chi connectivity index (χ4n) is 0.855. The van der Waals surface area contributed by atoms with Crippen LogP contribution in [0.15, 0.2) is 17.2 Å². The Kier molecular flexibility index (Phi) is 3.26. The van der Waals surface area contributed by atoms with Gasteiger partial charge in [-0.25, -0.2) is 9.18 Å². The third kappa shape index (κ3) is 1.94. The lowest BCUT2D eigenvalue weighted by molar-refractivity contribution is 0.0697. The molecule has 0 radical (unpaired) electrons. The molecular weight excluding hydrogens is 304 g/mol. The predicted molar refractivity (Wildman–Crippen MR) is 54.9 cm³/mol. The first-order chi connectivity index (χ1) is 6.57. The third-order valence-electron chi connectivity index (χ3n) is 1.44. The molecule has 0 amide bonds. The average Bonchev–Trinajstić information content (AvgIpc) is 2.13. The first kappa shape index (κ1) is 10.7. The summed E-state index contributed by atoms with van der Waals surface area (Å²) in [6.45, 7) is 0. The maximum atomic E-state index is 13.3. The molecule has 0 atom stereocenters. The van der Waals surface area contributed by atoms with E-state index in [-0.39, 0.29) is 9.13 Å². The van der Waals surface area contributed by atoms with E-state index in [0.29, 0.717) is 0 Å². The SMILES string of the molecule is [N-]=[N+]=Nc1c(C(=O)O)ccc(I)c1F. The molecule has 5 nitrogen and oxygen atoms in total. The Morgan fingerprint density at radius 1 is 1.64 bits per heavy atom.